The molecule has 9 nitrogen and oxygen atoms in total. The number of nitrogens with two attached hydrogens (primary N) is 1. The second-order valence-corrected chi connectivity index (χ2v) is 12.9. The van der Waals surface area contributed by atoms with Crippen LogP contribution in [0.25, 0.3) is 0 Å². The highest BCUT2D eigenvalue weighted by molar-refractivity contribution is 5.74. The Morgan fingerprint density at radius 2 is 1.63 bits per heavy atom. The van der Waals surface area contributed by atoms with Crippen LogP contribution in [0.5, 0.6) is 0 Å². The Hall–Kier alpha value is -2.20. The van der Waals surface area contributed by atoms with Gasteiger partial charge in [-0.1, -0.05) is 84.4 Å². The third kappa shape index (κ3) is 12.0. The van der Waals surface area contributed by atoms with Crippen molar-refractivity contribution in [3.05, 3.63) is 36.0 Å². The fraction of sp³-hybridized carbons (Fsp3) is 0.765. The first-order chi connectivity index (χ1) is 20.0. The number of amides is 1. The van der Waals surface area contributed by atoms with Crippen LogP contribution in [0.4, 0.5) is 4.79 Å². The van der Waals surface area contributed by atoms with Crippen molar-refractivity contribution in [1.82, 2.24) is 0 Å². The number of primary amides is 1. The van der Waals surface area contributed by atoms with Gasteiger partial charge in [-0.15, -0.1) is 0 Å². The van der Waals surface area contributed by atoms with Crippen molar-refractivity contribution in [2.75, 3.05) is 7.11 Å². The first-order valence-corrected chi connectivity index (χ1v) is 15.8. The van der Waals surface area contributed by atoms with Gasteiger partial charge >= 0.3 is 12.1 Å². The highest BCUT2D eigenvalue weighted by Crippen LogP contribution is 2.32. The van der Waals surface area contributed by atoms with Crippen molar-refractivity contribution in [2.24, 2.45) is 47.2 Å². The molecule has 0 aromatic carbocycles. The molecule has 0 aromatic rings. The summed E-state index contributed by atoms with van der Waals surface area (Å²) in [6.45, 7) is 17.3. The molecule has 248 valence electrons. The zero-order chi connectivity index (χ0) is 33.0. The summed E-state index contributed by atoms with van der Waals surface area (Å²) in [6.07, 6.45) is 6.78. The van der Waals surface area contributed by atoms with E-state index in [1.54, 1.807) is 26.2 Å². The summed E-state index contributed by atoms with van der Waals surface area (Å²) >= 11 is 0. The molecule has 0 spiro atoms. The maximum absolute atomic E-state index is 12.2. The number of hydrogen-bond donors (Lipinski definition) is 4. The van der Waals surface area contributed by atoms with E-state index in [1.807, 2.05) is 73.6 Å². The minimum atomic E-state index is -0.857. The van der Waals surface area contributed by atoms with E-state index in [0.717, 1.165) is 12.0 Å². The van der Waals surface area contributed by atoms with Gasteiger partial charge in [-0.05, 0) is 32.6 Å². The molecule has 9 heteroatoms. The van der Waals surface area contributed by atoms with Gasteiger partial charge in [0, 0.05) is 43.1 Å². The van der Waals surface area contributed by atoms with Crippen molar-refractivity contribution in [2.45, 2.75) is 118 Å². The Bertz CT molecular complexity index is 949. The van der Waals surface area contributed by atoms with Crippen LogP contribution >= 0.6 is 0 Å². The molecule has 0 aromatic heterocycles. The Labute approximate surface area is 259 Å². The lowest BCUT2D eigenvalue weighted by Gasteiger charge is -2.38. The van der Waals surface area contributed by atoms with Crippen LogP contribution in [0.15, 0.2) is 36.0 Å². The van der Waals surface area contributed by atoms with Gasteiger partial charge in [-0.2, -0.15) is 0 Å². The third-order valence-corrected chi connectivity index (χ3v) is 8.97. The van der Waals surface area contributed by atoms with Crippen molar-refractivity contribution in [3.63, 3.8) is 0 Å². The first-order valence-electron chi connectivity index (χ1n) is 15.8. The predicted molar refractivity (Wildman–Crippen MR) is 169 cm³/mol. The molecule has 0 aliphatic carbocycles. The predicted octanol–water partition coefficient (Wildman–Crippen LogP) is 5.18. The lowest BCUT2D eigenvalue weighted by Crippen LogP contribution is -2.48. The molecule has 1 heterocycles. The molecule has 0 bridgehead atoms. The van der Waals surface area contributed by atoms with Gasteiger partial charge in [-0.25, -0.2) is 4.79 Å². The minimum Gasteiger partial charge on any atom is -0.462 e. The standard InChI is InChI=1S/C34H59NO8/c1-11-12-13-21(4)31(43-34(35)40)25(8)30(38)23(6)17-19(2)16-22(5)29(37)20(3)14-15-27(36)18-28-24(7)32(41-10)26(9)33(39)42-28/h12-16,20-32,36-38H,11,17-18H2,1-10H3,(H2,35,40)/b13-12-,15-14-,19-16-/t20-,21-,22-,23-,24-,25-,26+,27+,28-,29-,30+,31-,32-/m0/s1. The molecular weight excluding hydrogens is 550 g/mol. The summed E-state index contributed by atoms with van der Waals surface area (Å²) in [5.41, 5.74) is 6.36. The number of esters is 1. The Morgan fingerprint density at radius 1 is 1.00 bits per heavy atom. The molecule has 0 saturated carbocycles. The number of carbonyl (C=O) groups is 2. The zero-order valence-electron chi connectivity index (χ0n) is 28.0. The summed E-state index contributed by atoms with van der Waals surface area (Å²) in [5, 5.41) is 32.7. The van der Waals surface area contributed by atoms with Crippen LogP contribution in [-0.2, 0) is 19.0 Å². The number of aliphatic hydroxyl groups excluding tert-OH is 3. The number of allylic oxidation sites excluding steroid dienone is 2. The normalized spacial score (nSPS) is 28.0. The van der Waals surface area contributed by atoms with Gasteiger partial charge in [-0.3, -0.25) is 4.79 Å². The van der Waals surface area contributed by atoms with E-state index in [-0.39, 0.29) is 59.9 Å². The summed E-state index contributed by atoms with van der Waals surface area (Å²) in [6, 6.07) is 0. The summed E-state index contributed by atoms with van der Waals surface area (Å²) in [4.78, 5) is 23.8. The maximum atomic E-state index is 12.2. The zero-order valence-corrected chi connectivity index (χ0v) is 28.0. The van der Waals surface area contributed by atoms with E-state index in [9.17, 15) is 24.9 Å². The van der Waals surface area contributed by atoms with Crippen LogP contribution in [0.1, 0.15) is 81.6 Å². The van der Waals surface area contributed by atoms with Gasteiger partial charge in [0.1, 0.15) is 12.2 Å². The number of hydrogen-bond acceptors (Lipinski definition) is 8. The van der Waals surface area contributed by atoms with Crippen LogP contribution in [0.3, 0.4) is 0 Å². The third-order valence-electron chi connectivity index (χ3n) is 8.97. The number of cyclic esters (lactones) is 1. The van der Waals surface area contributed by atoms with Gasteiger partial charge in [0.25, 0.3) is 0 Å². The fourth-order valence-electron chi connectivity index (χ4n) is 6.30. The van der Waals surface area contributed by atoms with Gasteiger partial charge < -0.3 is 35.3 Å². The molecule has 43 heavy (non-hydrogen) atoms. The Balaban J connectivity index is 2.77. The molecule has 1 aliphatic heterocycles. The number of aliphatic hydroxyl groups is 3. The second-order valence-electron chi connectivity index (χ2n) is 12.9. The highest BCUT2D eigenvalue weighted by atomic mass is 16.6. The van der Waals surface area contributed by atoms with Crippen molar-refractivity contribution >= 4 is 12.1 Å². The Morgan fingerprint density at radius 3 is 2.19 bits per heavy atom. The highest BCUT2D eigenvalue weighted by Gasteiger charge is 2.42. The lowest BCUT2D eigenvalue weighted by molar-refractivity contribution is -0.182. The van der Waals surface area contributed by atoms with Crippen molar-refractivity contribution < 1.29 is 39.1 Å². The quantitative estimate of drug-likeness (QED) is 0.130. The molecule has 1 rings (SSSR count). The largest absolute Gasteiger partial charge is 0.462 e. The number of carbonyl (C=O) groups excluding carboxylic acids is 2. The van der Waals surface area contributed by atoms with Crippen LogP contribution in [-0.4, -0.2) is 71.1 Å². The summed E-state index contributed by atoms with van der Waals surface area (Å²) in [5.74, 6) is -1.70. The van der Waals surface area contributed by atoms with Crippen molar-refractivity contribution in [3.8, 4) is 0 Å². The summed E-state index contributed by atoms with van der Waals surface area (Å²) in [7, 11) is 1.58. The fourth-order valence-corrected chi connectivity index (χ4v) is 6.30. The van der Waals surface area contributed by atoms with Crippen molar-refractivity contribution in [1.29, 1.82) is 0 Å². The van der Waals surface area contributed by atoms with Gasteiger partial charge in [0.05, 0.1) is 30.3 Å². The smallest absolute Gasteiger partial charge is 0.404 e. The van der Waals surface area contributed by atoms with Crippen LogP contribution in [0, 0.1) is 41.4 Å². The van der Waals surface area contributed by atoms with E-state index in [2.05, 4.69) is 0 Å². The number of rotatable bonds is 17. The van der Waals surface area contributed by atoms with E-state index in [0.29, 0.717) is 6.42 Å². The molecule has 1 aliphatic rings. The molecule has 1 saturated heterocycles. The summed E-state index contributed by atoms with van der Waals surface area (Å²) < 4.78 is 16.5. The molecular formula is C34H59NO8. The Kier molecular flexibility index (Phi) is 16.8. The molecule has 13 atom stereocenters. The second kappa shape index (κ2) is 18.6. The number of ether oxygens (including phenoxy) is 3. The van der Waals surface area contributed by atoms with E-state index < -0.39 is 36.6 Å². The SMILES string of the molecule is CC/C=C\[C@H](C)[C@H](OC(N)=O)[C@@H](C)[C@H](O)[C@@H](C)C/C(C)=C\[C@H](C)[C@@H](O)[C@@H](C)/C=C\[C@@H](O)C[C@@H]1OC(=O)[C@H](C)[C@@H](OC)[C@H]1C. The molecule has 0 radical (unpaired) electrons. The van der Waals surface area contributed by atoms with E-state index in [4.69, 9.17) is 19.9 Å². The topological polar surface area (TPSA) is 149 Å². The van der Waals surface area contributed by atoms with Crippen LogP contribution < -0.4 is 5.73 Å². The minimum absolute atomic E-state index is 0.0522. The average Bonchev–Trinajstić information content (AvgIpc) is 2.94. The van der Waals surface area contributed by atoms with Gasteiger partial charge in [0.2, 0.25) is 0 Å². The maximum Gasteiger partial charge on any atom is 0.404 e. The molecule has 1 fully saturated rings. The monoisotopic (exact) mass is 609 g/mol. The molecule has 0 unspecified atom stereocenters. The first kappa shape index (κ1) is 38.8. The average molecular weight is 610 g/mol. The van der Waals surface area contributed by atoms with Crippen LogP contribution in [0.2, 0.25) is 0 Å². The molecule has 1 amide bonds. The van der Waals surface area contributed by atoms with E-state index in [1.165, 1.54) is 0 Å². The molecule has 5 N–H and O–H groups in total. The lowest BCUT2D eigenvalue weighted by atomic mass is 9.81. The van der Waals surface area contributed by atoms with E-state index >= 15 is 0 Å². The number of methoxy groups -OCH3 is 1. The van der Waals surface area contributed by atoms with Gasteiger partial charge in [0.15, 0.2) is 0 Å².